The van der Waals surface area contributed by atoms with Crippen molar-refractivity contribution in [2.45, 2.75) is 64.8 Å². The summed E-state index contributed by atoms with van der Waals surface area (Å²) in [6, 6.07) is 2.53. The Morgan fingerprint density at radius 2 is 1.88 bits per heavy atom. The number of amides is 1. The molecule has 0 aromatic carbocycles. The van der Waals surface area contributed by atoms with Gasteiger partial charge < -0.3 is 14.6 Å². The molecule has 6 heteroatoms. The van der Waals surface area contributed by atoms with E-state index in [-0.39, 0.29) is 24.4 Å². The Balaban J connectivity index is 1.74. The maximum Gasteiger partial charge on any atom is 0.309 e. The number of nitriles is 1. The van der Waals surface area contributed by atoms with E-state index < -0.39 is 0 Å². The summed E-state index contributed by atoms with van der Waals surface area (Å²) in [6.07, 6.45) is 7.18. The lowest BCUT2D eigenvalue weighted by molar-refractivity contribution is -0.154. The summed E-state index contributed by atoms with van der Waals surface area (Å²) in [7, 11) is 0. The van der Waals surface area contributed by atoms with Crippen molar-refractivity contribution in [1.29, 1.82) is 5.26 Å². The first kappa shape index (κ1) is 17.5. The van der Waals surface area contributed by atoms with Gasteiger partial charge in [0.15, 0.2) is 6.61 Å². The van der Waals surface area contributed by atoms with E-state index in [1.807, 2.05) is 13.8 Å². The number of nitrogens with zero attached hydrogens (tertiary/aromatic N) is 2. The topological polar surface area (TPSA) is 84.1 Å². The summed E-state index contributed by atoms with van der Waals surface area (Å²) in [5, 5.41) is 12.3. The van der Waals surface area contributed by atoms with E-state index in [0.29, 0.717) is 17.4 Å². The zero-order valence-corrected chi connectivity index (χ0v) is 14.9. The third-order valence-electron chi connectivity index (χ3n) is 5.60. The van der Waals surface area contributed by atoms with Gasteiger partial charge in [0.2, 0.25) is 0 Å². The summed E-state index contributed by atoms with van der Waals surface area (Å²) in [5.41, 5.74) is 2.42. The van der Waals surface area contributed by atoms with Crippen molar-refractivity contribution in [3.05, 3.63) is 16.8 Å². The molecule has 0 atom stereocenters. The van der Waals surface area contributed by atoms with Crippen molar-refractivity contribution in [2.75, 3.05) is 11.9 Å². The van der Waals surface area contributed by atoms with Gasteiger partial charge in [0.1, 0.15) is 11.9 Å². The fraction of sp³-hybridized carbons (Fsp3) is 0.632. The summed E-state index contributed by atoms with van der Waals surface area (Å²) >= 11 is 0. The molecule has 134 valence electrons. The van der Waals surface area contributed by atoms with E-state index >= 15 is 0 Å². The van der Waals surface area contributed by atoms with Gasteiger partial charge in [-0.15, -0.1) is 0 Å². The zero-order valence-electron chi connectivity index (χ0n) is 14.9. The highest BCUT2D eigenvalue weighted by molar-refractivity contribution is 5.94. The van der Waals surface area contributed by atoms with E-state index in [0.717, 1.165) is 56.2 Å². The molecule has 1 aromatic rings. The first-order valence-corrected chi connectivity index (χ1v) is 9.11. The highest BCUT2D eigenvalue weighted by atomic mass is 16.5. The highest BCUT2D eigenvalue weighted by Gasteiger charge is 2.29. The molecule has 0 aliphatic heterocycles. The average molecular weight is 343 g/mol. The van der Waals surface area contributed by atoms with E-state index in [1.54, 1.807) is 0 Å². The predicted molar refractivity (Wildman–Crippen MR) is 93.1 cm³/mol. The van der Waals surface area contributed by atoms with Crippen molar-refractivity contribution < 1.29 is 14.3 Å². The second kappa shape index (κ2) is 7.30. The molecule has 1 heterocycles. The Kier molecular flexibility index (Phi) is 5.12. The highest BCUT2D eigenvalue weighted by Crippen LogP contribution is 2.37. The largest absolute Gasteiger partial charge is 0.455 e. The molecule has 0 saturated heterocycles. The van der Waals surface area contributed by atoms with Crippen molar-refractivity contribution in [3.63, 3.8) is 0 Å². The van der Waals surface area contributed by atoms with Gasteiger partial charge in [-0.2, -0.15) is 5.26 Å². The number of nitrogens with one attached hydrogen (secondary N) is 1. The molecule has 2 aliphatic rings. The number of hydrogen-bond acceptors (Lipinski definition) is 4. The average Bonchev–Trinajstić information content (AvgIpc) is 3.12. The smallest absolute Gasteiger partial charge is 0.309 e. The van der Waals surface area contributed by atoms with E-state index in [2.05, 4.69) is 16.0 Å². The fourth-order valence-corrected chi connectivity index (χ4v) is 3.77. The molecule has 2 fully saturated rings. The molecule has 0 radical (unpaired) electrons. The summed E-state index contributed by atoms with van der Waals surface area (Å²) in [5.74, 6) is -0.176. The van der Waals surface area contributed by atoms with Crippen molar-refractivity contribution in [3.8, 4) is 6.07 Å². The molecule has 1 N–H and O–H groups in total. The summed E-state index contributed by atoms with van der Waals surface area (Å²) in [4.78, 5) is 24.1. The fourth-order valence-electron chi connectivity index (χ4n) is 3.77. The minimum Gasteiger partial charge on any atom is -0.455 e. The monoisotopic (exact) mass is 343 g/mol. The van der Waals surface area contributed by atoms with E-state index in [4.69, 9.17) is 4.74 Å². The number of rotatable bonds is 5. The number of esters is 1. The standard InChI is InChI=1S/C19H25N3O3/c1-12-13(2)22(15-8-3-4-9-15)18(16(12)10-20)21-17(23)11-25-19(24)14-6-5-7-14/h14-15H,3-9,11H2,1-2H3,(H,21,23). The van der Waals surface area contributed by atoms with Crippen LogP contribution in [0.3, 0.4) is 0 Å². The lowest BCUT2D eigenvalue weighted by atomic mass is 9.86. The van der Waals surface area contributed by atoms with Crippen LogP contribution in [0.1, 0.15) is 67.8 Å². The van der Waals surface area contributed by atoms with Gasteiger partial charge in [-0.1, -0.05) is 19.3 Å². The van der Waals surface area contributed by atoms with Crippen LogP contribution >= 0.6 is 0 Å². The molecule has 2 aliphatic carbocycles. The summed E-state index contributed by atoms with van der Waals surface area (Å²) in [6.45, 7) is 3.60. The van der Waals surface area contributed by atoms with Gasteiger partial charge in [0, 0.05) is 11.7 Å². The Labute approximate surface area is 148 Å². The third kappa shape index (κ3) is 3.41. The maximum absolute atomic E-state index is 12.3. The van der Waals surface area contributed by atoms with Gasteiger partial charge in [0.05, 0.1) is 11.5 Å². The van der Waals surface area contributed by atoms with Gasteiger partial charge >= 0.3 is 5.97 Å². The zero-order chi connectivity index (χ0) is 18.0. The van der Waals surface area contributed by atoms with Crippen LogP contribution in [-0.2, 0) is 14.3 Å². The Bertz CT molecular complexity index is 719. The Morgan fingerprint density at radius 3 is 2.44 bits per heavy atom. The molecule has 1 amide bonds. The van der Waals surface area contributed by atoms with Crippen molar-refractivity contribution in [2.24, 2.45) is 5.92 Å². The molecule has 2 saturated carbocycles. The number of carbonyl (C=O) groups is 2. The molecule has 6 nitrogen and oxygen atoms in total. The number of carbonyl (C=O) groups excluding carboxylic acids is 2. The van der Waals surface area contributed by atoms with Crippen LogP contribution in [0.2, 0.25) is 0 Å². The van der Waals surface area contributed by atoms with Gasteiger partial charge in [0.25, 0.3) is 5.91 Å². The van der Waals surface area contributed by atoms with Crippen LogP contribution in [0.5, 0.6) is 0 Å². The minimum absolute atomic E-state index is 0.0469. The second-order valence-corrected chi connectivity index (χ2v) is 7.14. The first-order valence-electron chi connectivity index (χ1n) is 9.11. The lowest BCUT2D eigenvalue weighted by Gasteiger charge is -2.23. The number of hydrogen-bond donors (Lipinski definition) is 1. The van der Waals surface area contributed by atoms with Crippen LogP contribution < -0.4 is 5.32 Å². The minimum atomic E-state index is -0.388. The second-order valence-electron chi connectivity index (χ2n) is 7.14. The molecular formula is C19H25N3O3. The molecule has 1 aromatic heterocycles. The normalized spacial score (nSPS) is 17.8. The van der Waals surface area contributed by atoms with E-state index in [9.17, 15) is 14.9 Å². The number of aromatic nitrogens is 1. The molecule has 0 spiro atoms. The SMILES string of the molecule is Cc1c(C#N)c(NC(=O)COC(=O)C2CCC2)n(C2CCCC2)c1C. The van der Waals surface area contributed by atoms with Crippen LogP contribution in [-0.4, -0.2) is 23.1 Å². The summed E-state index contributed by atoms with van der Waals surface area (Å²) < 4.78 is 7.20. The van der Waals surface area contributed by atoms with Crippen LogP contribution in [0.25, 0.3) is 0 Å². The van der Waals surface area contributed by atoms with Crippen LogP contribution in [0, 0.1) is 31.1 Å². The van der Waals surface area contributed by atoms with Gasteiger partial charge in [-0.3, -0.25) is 9.59 Å². The van der Waals surface area contributed by atoms with Crippen molar-refractivity contribution >= 4 is 17.7 Å². The van der Waals surface area contributed by atoms with Crippen LogP contribution in [0.15, 0.2) is 0 Å². The predicted octanol–water partition coefficient (Wildman–Crippen LogP) is 3.37. The van der Waals surface area contributed by atoms with Crippen molar-refractivity contribution in [1.82, 2.24) is 4.57 Å². The van der Waals surface area contributed by atoms with Gasteiger partial charge in [-0.05, 0) is 45.1 Å². The molecular weight excluding hydrogens is 318 g/mol. The molecule has 25 heavy (non-hydrogen) atoms. The molecule has 3 rings (SSSR count). The van der Waals surface area contributed by atoms with Gasteiger partial charge in [-0.25, -0.2) is 0 Å². The maximum atomic E-state index is 12.3. The quantitative estimate of drug-likeness (QED) is 0.831. The third-order valence-corrected chi connectivity index (χ3v) is 5.60. The number of ether oxygens (including phenoxy) is 1. The number of anilines is 1. The molecule has 0 bridgehead atoms. The first-order chi connectivity index (χ1) is 12.0. The Morgan fingerprint density at radius 1 is 1.20 bits per heavy atom. The molecule has 0 unspecified atom stereocenters. The lowest BCUT2D eigenvalue weighted by Crippen LogP contribution is -2.29. The van der Waals surface area contributed by atoms with Crippen LogP contribution in [0.4, 0.5) is 5.82 Å². The van der Waals surface area contributed by atoms with E-state index in [1.165, 1.54) is 0 Å². The Hall–Kier alpha value is -2.29.